The molecule has 0 unspecified atom stereocenters. The van der Waals surface area contributed by atoms with Gasteiger partial charge in [0.05, 0.1) is 22.2 Å². The summed E-state index contributed by atoms with van der Waals surface area (Å²) >= 11 is 1.58. The second kappa shape index (κ2) is 11.2. The first-order chi connectivity index (χ1) is 17.2. The molecule has 0 aliphatic carbocycles. The largest absolute Gasteiger partial charge is 0.444 e. The number of carbonyl (C=O) groups is 3. The van der Waals surface area contributed by atoms with Crippen LogP contribution < -0.4 is 10.6 Å². The molecule has 1 aliphatic rings. The normalized spacial score (nSPS) is 18.9. The van der Waals surface area contributed by atoms with Gasteiger partial charge in [-0.1, -0.05) is 45.0 Å². The summed E-state index contributed by atoms with van der Waals surface area (Å²) in [6, 6.07) is 6.10. The first-order valence-corrected chi connectivity index (χ1v) is 13.3. The Labute approximate surface area is 222 Å². The second-order valence-corrected chi connectivity index (χ2v) is 12.4. The summed E-state index contributed by atoms with van der Waals surface area (Å²) < 4.78 is 5.35. The number of hydrogen-bond acceptors (Lipinski definition) is 7. The maximum atomic E-state index is 13.6. The Bertz CT molecular complexity index is 1120. The van der Waals surface area contributed by atoms with Crippen LogP contribution in [-0.2, 0) is 20.9 Å². The number of aliphatic hydroxyl groups excluding tert-OH is 1. The van der Waals surface area contributed by atoms with Gasteiger partial charge in [0, 0.05) is 19.5 Å². The lowest BCUT2D eigenvalue weighted by Gasteiger charge is -2.35. The summed E-state index contributed by atoms with van der Waals surface area (Å²) in [5.41, 5.74) is 3.40. The maximum Gasteiger partial charge on any atom is 0.408 e. The van der Waals surface area contributed by atoms with Gasteiger partial charge < -0.3 is 25.4 Å². The van der Waals surface area contributed by atoms with Crippen molar-refractivity contribution in [3.05, 3.63) is 41.0 Å². The van der Waals surface area contributed by atoms with E-state index in [9.17, 15) is 19.5 Å². The molecule has 1 saturated heterocycles. The van der Waals surface area contributed by atoms with Crippen molar-refractivity contribution < 1.29 is 24.2 Å². The molecule has 0 saturated carbocycles. The third-order valence-corrected chi connectivity index (χ3v) is 7.04. The van der Waals surface area contributed by atoms with E-state index in [2.05, 4.69) is 15.6 Å². The van der Waals surface area contributed by atoms with Crippen LogP contribution in [0.1, 0.15) is 59.2 Å². The number of carbonyl (C=O) groups excluding carboxylic acids is 3. The molecule has 3 N–H and O–H groups in total. The first-order valence-electron chi connectivity index (χ1n) is 12.4. The zero-order valence-corrected chi connectivity index (χ0v) is 23.4. The number of thiazole rings is 1. The lowest BCUT2D eigenvalue weighted by molar-refractivity contribution is -0.142. The number of nitrogens with one attached hydrogen (secondary N) is 2. The average molecular weight is 531 g/mol. The quantitative estimate of drug-likeness (QED) is 0.525. The molecule has 1 fully saturated rings. The van der Waals surface area contributed by atoms with Gasteiger partial charge in [-0.25, -0.2) is 9.78 Å². The number of nitrogens with zero attached hydrogens (tertiary/aromatic N) is 2. The summed E-state index contributed by atoms with van der Waals surface area (Å²) in [6.45, 7) is 13.0. The van der Waals surface area contributed by atoms with Gasteiger partial charge in [0.2, 0.25) is 11.8 Å². The van der Waals surface area contributed by atoms with Crippen LogP contribution in [-0.4, -0.2) is 63.2 Å². The van der Waals surface area contributed by atoms with Gasteiger partial charge in [-0.2, -0.15) is 0 Å². The van der Waals surface area contributed by atoms with Crippen molar-refractivity contribution in [1.82, 2.24) is 20.5 Å². The van der Waals surface area contributed by atoms with E-state index in [4.69, 9.17) is 4.74 Å². The van der Waals surface area contributed by atoms with Crippen LogP contribution in [0.2, 0.25) is 0 Å². The second-order valence-electron chi connectivity index (χ2n) is 11.5. The lowest BCUT2D eigenvalue weighted by atomic mass is 9.85. The fourth-order valence-electron chi connectivity index (χ4n) is 4.21. The number of hydrogen-bond donors (Lipinski definition) is 3. The molecule has 10 heteroatoms. The summed E-state index contributed by atoms with van der Waals surface area (Å²) in [4.78, 5) is 45.9. The molecule has 9 nitrogen and oxygen atoms in total. The van der Waals surface area contributed by atoms with Gasteiger partial charge in [0.1, 0.15) is 17.7 Å². The Hall–Kier alpha value is -2.98. The molecular weight excluding hydrogens is 492 g/mol. The van der Waals surface area contributed by atoms with Crippen LogP contribution in [0.25, 0.3) is 10.4 Å². The van der Waals surface area contributed by atoms with E-state index in [1.165, 1.54) is 4.90 Å². The fourth-order valence-corrected chi connectivity index (χ4v) is 5.02. The van der Waals surface area contributed by atoms with E-state index in [0.717, 1.165) is 21.7 Å². The molecule has 1 aliphatic heterocycles. The molecule has 1 aromatic carbocycles. The molecule has 3 amide bonds. The molecule has 1 aromatic heterocycles. The molecule has 0 bridgehead atoms. The van der Waals surface area contributed by atoms with Crippen molar-refractivity contribution in [2.75, 3.05) is 6.54 Å². The number of aliphatic hydroxyl groups is 1. The highest BCUT2D eigenvalue weighted by Crippen LogP contribution is 2.28. The minimum absolute atomic E-state index is 0.0163. The zero-order chi connectivity index (χ0) is 27.5. The molecule has 2 aromatic rings. The maximum absolute atomic E-state index is 13.6. The predicted molar refractivity (Wildman–Crippen MR) is 143 cm³/mol. The van der Waals surface area contributed by atoms with Crippen molar-refractivity contribution in [2.45, 2.75) is 85.2 Å². The van der Waals surface area contributed by atoms with Crippen LogP contribution in [0, 0.1) is 12.3 Å². The number of likely N-dealkylation sites (tertiary alicyclic amines) is 1. The third-order valence-electron chi connectivity index (χ3n) is 6.07. The number of ether oxygens (including phenoxy) is 1. The number of rotatable bonds is 6. The fraction of sp³-hybridized carbons (Fsp3) is 0.556. The highest BCUT2D eigenvalue weighted by atomic mass is 32.1. The van der Waals surface area contributed by atoms with Crippen molar-refractivity contribution in [1.29, 1.82) is 0 Å². The summed E-state index contributed by atoms with van der Waals surface area (Å²) in [7, 11) is 0. The zero-order valence-electron chi connectivity index (χ0n) is 22.6. The van der Waals surface area contributed by atoms with Crippen molar-refractivity contribution in [2.24, 2.45) is 5.41 Å². The standard InChI is InChI=1S/C27H38N4O5S/c1-16-21(37-15-29-16)18-10-8-17(9-11-18)13-28-23(33)20-12-19(32)14-31(20)24(34)22(26(2,3)4)30-25(35)36-27(5,6)7/h8-11,15,19-20,22,32H,12-14H2,1-7H3,(H,28,33)(H,30,35)/t19-,20+,22+/m0/s1. The molecule has 37 heavy (non-hydrogen) atoms. The van der Waals surface area contributed by atoms with Gasteiger partial charge in [-0.3, -0.25) is 9.59 Å². The van der Waals surface area contributed by atoms with Gasteiger partial charge in [-0.05, 0) is 44.2 Å². The van der Waals surface area contributed by atoms with Gasteiger partial charge in [0.15, 0.2) is 0 Å². The Morgan fingerprint density at radius 3 is 2.35 bits per heavy atom. The number of aromatic nitrogens is 1. The highest BCUT2D eigenvalue weighted by Gasteiger charge is 2.44. The van der Waals surface area contributed by atoms with Crippen molar-refractivity contribution >= 4 is 29.2 Å². The Balaban J connectivity index is 1.68. The Kier molecular flexibility index (Phi) is 8.64. The minimum atomic E-state index is -0.939. The van der Waals surface area contributed by atoms with Crippen LogP contribution in [0.5, 0.6) is 0 Å². The first kappa shape index (κ1) is 28.6. The van der Waals surface area contributed by atoms with E-state index in [1.807, 2.05) is 57.5 Å². The number of benzene rings is 1. The molecule has 3 atom stereocenters. The lowest BCUT2D eigenvalue weighted by Crippen LogP contribution is -2.58. The summed E-state index contributed by atoms with van der Waals surface area (Å²) in [6.07, 6.45) is -1.41. The molecule has 202 valence electrons. The monoisotopic (exact) mass is 530 g/mol. The minimum Gasteiger partial charge on any atom is -0.444 e. The number of alkyl carbamates (subject to hydrolysis) is 1. The summed E-state index contributed by atoms with van der Waals surface area (Å²) in [5, 5.41) is 15.9. The molecule has 0 spiro atoms. The number of amides is 3. The van der Waals surface area contributed by atoms with Crippen LogP contribution in [0.15, 0.2) is 29.8 Å². The third kappa shape index (κ3) is 7.52. The molecular formula is C27H38N4O5S. The van der Waals surface area contributed by atoms with Crippen LogP contribution in [0.3, 0.4) is 0 Å². The number of β-amino-alcohol motifs (C(OH)–C–C–N with tert-alkyl or cyclic N) is 1. The van der Waals surface area contributed by atoms with E-state index >= 15 is 0 Å². The summed E-state index contributed by atoms with van der Waals surface area (Å²) in [5.74, 6) is -0.781. The smallest absolute Gasteiger partial charge is 0.408 e. The van der Waals surface area contributed by atoms with Gasteiger partial charge >= 0.3 is 6.09 Å². The van der Waals surface area contributed by atoms with Crippen LogP contribution >= 0.6 is 11.3 Å². The Morgan fingerprint density at radius 1 is 1.16 bits per heavy atom. The van der Waals surface area contributed by atoms with E-state index in [1.54, 1.807) is 32.1 Å². The van der Waals surface area contributed by atoms with Crippen molar-refractivity contribution in [3.63, 3.8) is 0 Å². The molecule has 2 heterocycles. The van der Waals surface area contributed by atoms with E-state index < -0.39 is 41.2 Å². The Morgan fingerprint density at radius 2 is 1.81 bits per heavy atom. The van der Waals surface area contributed by atoms with Gasteiger partial charge in [-0.15, -0.1) is 11.3 Å². The molecule has 0 radical (unpaired) electrons. The SMILES string of the molecule is Cc1ncsc1-c1ccc(CNC(=O)[C@H]2C[C@H](O)CN2C(=O)[C@@H](NC(=O)OC(C)(C)C)C(C)(C)C)cc1. The predicted octanol–water partition coefficient (Wildman–Crippen LogP) is 3.64. The van der Waals surface area contributed by atoms with E-state index in [0.29, 0.717) is 0 Å². The topological polar surface area (TPSA) is 121 Å². The van der Waals surface area contributed by atoms with Crippen molar-refractivity contribution in [3.8, 4) is 10.4 Å². The average Bonchev–Trinajstić information content (AvgIpc) is 3.39. The van der Waals surface area contributed by atoms with Gasteiger partial charge in [0.25, 0.3) is 0 Å². The van der Waals surface area contributed by atoms with Crippen LogP contribution in [0.4, 0.5) is 4.79 Å². The molecule has 3 rings (SSSR count). The number of aryl methyl sites for hydroxylation is 1. The highest BCUT2D eigenvalue weighted by molar-refractivity contribution is 7.13. The van der Waals surface area contributed by atoms with E-state index in [-0.39, 0.29) is 25.4 Å².